The Hall–Kier alpha value is -0.940. The molecule has 1 heterocycles. The number of nitrogens with one attached hydrogen (secondary N) is 1. The summed E-state index contributed by atoms with van der Waals surface area (Å²) in [6.45, 7) is 4.73. The number of benzene rings is 1. The lowest BCUT2D eigenvalue weighted by Gasteiger charge is -2.27. The van der Waals surface area contributed by atoms with Crippen LogP contribution < -0.4 is 5.73 Å². The van der Waals surface area contributed by atoms with E-state index in [1.54, 1.807) is 6.07 Å². The third-order valence-corrected chi connectivity index (χ3v) is 4.38. The highest BCUT2D eigenvalue weighted by Gasteiger charge is 2.30. The van der Waals surface area contributed by atoms with Gasteiger partial charge in [0.15, 0.2) is 0 Å². The summed E-state index contributed by atoms with van der Waals surface area (Å²) >= 11 is 3.17. The van der Waals surface area contributed by atoms with Gasteiger partial charge in [0, 0.05) is 18.0 Å². The standard InChI is InChI=1S/C13H17BrFN3/c1-3-13(4-2,7-16)12-17-10-5-8(14)9(15)6-11(10)18-12/h5-6H,3-4,7,16H2,1-2H3,(H,17,18). The van der Waals surface area contributed by atoms with Crippen LogP contribution in [0.25, 0.3) is 11.0 Å². The number of nitrogens with two attached hydrogens (primary N) is 1. The molecule has 2 rings (SSSR count). The van der Waals surface area contributed by atoms with Gasteiger partial charge < -0.3 is 10.7 Å². The lowest BCUT2D eigenvalue weighted by atomic mass is 9.82. The average Bonchev–Trinajstić information content (AvgIpc) is 2.76. The topological polar surface area (TPSA) is 54.7 Å². The molecule has 0 fully saturated rings. The normalized spacial score (nSPS) is 12.3. The van der Waals surface area contributed by atoms with Crippen LogP contribution in [0.5, 0.6) is 0 Å². The van der Waals surface area contributed by atoms with E-state index in [-0.39, 0.29) is 11.2 Å². The molecule has 98 valence electrons. The molecule has 0 unspecified atom stereocenters. The average molecular weight is 314 g/mol. The number of rotatable bonds is 4. The van der Waals surface area contributed by atoms with Crippen LogP contribution in [-0.2, 0) is 5.41 Å². The van der Waals surface area contributed by atoms with Gasteiger partial charge in [0.25, 0.3) is 0 Å². The summed E-state index contributed by atoms with van der Waals surface area (Å²) in [6, 6.07) is 3.15. The van der Waals surface area contributed by atoms with E-state index in [0.29, 0.717) is 16.5 Å². The molecule has 18 heavy (non-hydrogen) atoms. The summed E-state index contributed by atoms with van der Waals surface area (Å²) in [4.78, 5) is 7.77. The van der Waals surface area contributed by atoms with E-state index in [0.717, 1.165) is 24.2 Å². The van der Waals surface area contributed by atoms with Crippen molar-refractivity contribution in [3.8, 4) is 0 Å². The lowest BCUT2D eigenvalue weighted by Crippen LogP contribution is -2.35. The zero-order valence-corrected chi connectivity index (χ0v) is 12.1. The number of imidazole rings is 1. The van der Waals surface area contributed by atoms with Crippen LogP contribution in [-0.4, -0.2) is 16.5 Å². The molecule has 0 aliphatic rings. The Kier molecular flexibility index (Phi) is 3.73. The number of hydrogen-bond donors (Lipinski definition) is 2. The second kappa shape index (κ2) is 4.97. The van der Waals surface area contributed by atoms with Crippen LogP contribution >= 0.6 is 15.9 Å². The highest BCUT2D eigenvalue weighted by atomic mass is 79.9. The van der Waals surface area contributed by atoms with Crippen LogP contribution in [0.15, 0.2) is 16.6 Å². The molecule has 0 amide bonds. The molecule has 0 aliphatic heterocycles. The highest BCUT2D eigenvalue weighted by molar-refractivity contribution is 9.10. The van der Waals surface area contributed by atoms with Crippen molar-refractivity contribution in [1.29, 1.82) is 0 Å². The summed E-state index contributed by atoms with van der Waals surface area (Å²) in [5.74, 6) is 0.562. The van der Waals surface area contributed by atoms with Crippen molar-refractivity contribution in [2.45, 2.75) is 32.1 Å². The minimum Gasteiger partial charge on any atom is -0.341 e. The Labute approximate surface area is 114 Å². The van der Waals surface area contributed by atoms with Gasteiger partial charge >= 0.3 is 0 Å². The lowest BCUT2D eigenvalue weighted by molar-refractivity contribution is 0.387. The zero-order valence-electron chi connectivity index (χ0n) is 10.6. The number of aromatic nitrogens is 2. The van der Waals surface area contributed by atoms with Crippen molar-refractivity contribution < 1.29 is 4.39 Å². The molecule has 3 N–H and O–H groups in total. The molecule has 5 heteroatoms. The van der Waals surface area contributed by atoms with Crippen molar-refractivity contribution in [2.24, 2.45) is 5.73 Å². The van der Waals surface area contributed by atoms with Gasteiger partial charge in [-0.25, -0.2) is 9.37 Å². The van der Waals surface area contributed by atoms with Crippen LogP contribution in [0.4, 0.5) is 4.39 Å². The number of hydrogen-bond acceptors (Lipinski definition) is 2. The maximum absolute atomic E-state index is 13.5. The van der Waals surface area contributed by atoms with E-state index in [9.17, 15) is 4.39 Å². The van der Waals surface area contributed by atoms with Gasteiger partial charge in [-0.05, 0) is 34.8 Å². The van der Waals surface area contributed by atoms with Crippen LogP contribution in [0.2, 0.25) is 0 Å². The van der Waals surface area contributed by atoms with E-state index in [1.807, 2.05) is 0 Å². The summed E-state index contributed by atoms with van der Waals surface area (Å²) < 4.78 is 13.9. The molecule has 0 saturated carbocycles. The molecule has 1 aromatic carbocycles. The molecular formula is C13H17BrFN3. The van der Waals surface area contributed by atoms with Crippen molar-refractivity contribution in [1.82, 2.24) is 9.97 Å². The smallest absolute Gasteiger partial charge is 0.139 e. The Bertz CT molecular complexity index is 513. The molecule has 2 aromatic rings. The number of fused-ring (bicyclic) bond motifs is 1. The first-order valence-electron chi connectivity index (χ1n) is 6.11. The largest absolute Gasteiger partial charge is 0.341 e. The SMILES string of the molecule is CCC(CC)(CN)c1nc2cc(Br)c(F)cc2[nH]1. The van der Waals surface area contributed by atoms with E-state index in [1.165, 1.54) is 6.07 Å². The van der Waals surface area contributed by atoms with Gasteiger partial charge in [-0.15, -0.1) is 0 Å². The quantitative estimate of drug-likeness (QED) is 0.908. The summed E-state index contributed by atoms with van der Waals surface area (Å²) in [5.41, 5.74) is 7.22. The minimum atomic E-state index is -0.288. The van der Waals surface area contributed by atoms with Crippen LogP contribution in [0, 0.1) is 5.82 Å². The summed E-state index contributed by atoms with van der Waals surface area (Å²) in [6.07, 6.45) is 1.81. The van der Waals surface area contributed by atoms with Crippen molar-refractivity contribution in [3.63, 3.8) is 0 Å². The van der Waals surface area contributed by atoms with Gasteiger partial charge in [0.1, 0.15) is 11.6 Å². The predicted molar refractivity (Wildman–Crippen MR) is 75.1 cm³/mol. The third kappa shape index (κ3) is 2.06. The Morgan fingerprint density at radius 3 is 2.61 bits per heavy atom. The Balaban J connectivity index is 2.59. The number of aromatic amines is 1. The summed E-state index contributed by atoms with van der Waals surface area (Å²) in [7, 11) is 0. The number of halogens is 2. The maximum atomic E-state index is 13.5. The molecule has 0 atom stereocenters. The third-order valence-electron chi connectivity index (χ3n) is 3.77. The predicted octanol–water partition coefficient (Wildman–Crippen LogP) is 3.48. The second-order valence-electron chi connectivity index (χ2n) is 4.56. The molecule has 0 aliphatic carbocycles. The minimum absolute atomic E-state index is 0.151. The van der Waals surface area contributed by atoms with E-state index >= 15 is 0 Å². The molecule has 0 radical (unpaired) electrons. The summed E-state index contributed by atoms with van der Waals surface area (Å²) in [5, 5.41) is 0. The van der Waals surface area contributed by atoms with Crippen molar-refractivity contribution in [2.75, 3.05) is 6.54 Å². The Morgan fingerprint density at radius 2 is 2.06 bits per heavy atom. The number of nitrogens with zero attached hydrogens (tertiary/aromatic N) is 1. The van der Waals surface area contributed by atoms with Gasteiger partial charge in [-0.2, -0.15) is 0 Å². The van der Waals surface area contributed by atoms with Crippen LogP contribution in [0.3, 0.4) is 0 Å². The first-order chi connectivity index (χ1) is 8.56. The maximum Gasteiger partial charge on any atom is 0.139 e. The van der Waals surface area contributed by atoms with Gasteiger partial charge in [0.2, 0.25) is 0 Å². The first kappa shape index (κ1) is 13.5. The molecule has 0 saturated heterocycles. The van der Waals surface area contributed by atoms with Gasteiger partial charge in [-0.3, -0.25) is 0 Å². The van der Waals surface area contributed by atoms with E-state index < -0.39 is 0 Å². The molecule has 3 nitrogen and oxygen atoms in total. The highest BCUT2D eigenvalue weighted by Crippen LogP contribution is 2.31. The molecule has 1 aromatic heterocycles. The molecular weight excluding hydrogens is 297 g/mol. The fourth-order valence-electron chi connectivity index (χ4n) is 2.23. The molecule has 0 bridgehead atoms. The zero-order chi connectivity index (χ0) is 13.3. The Morgan fingerprint density at radius 1 is 1.39 bits per heavy atom. The van der Waals surface area contributed by atoms with E-state index in [2.05, 4.69) is 39.7 Å². The van der Waals surface area contributed by atoms with Gasteiger partial charge in [0.05, 0.1) is 15.5 Å². The number of H-pyrrole nitrogens is 1. The molecule has 0 spiro atoms. The fraction of sp³-hybridized carbons (Fsp3) is 0.462. The second-order valence-corrected chi connectivity index (χ2v) is 5.41. The fourth-order valence-corrected chi connectivity index (χ4v) is 2.56. The van der Waals surface area contributed by atoms with Crippen LogP contribution in [0.1, 0.15) is 32.5 Å². The monoisotopic (exact) mass is 313 g/mol. The van der Waals surface area contributed by atoms with Crippen molar-refractivity contribution >= 4 is 27.0 Å². The van der Waals surface area contributed by atoms with E-state index in [4.69, 9.17) is 5.73 Å². The first-order valence-corrected chi connectivity index (χ1v) is 6.91. The van der Waals surface area contributed by atoms with Gasteiger partial charge in [-0.1, -0.05) is 13.8 Å². The van der Waals surface area contributed by atoms with Crippen molar-refractivity contribution in [3.05, 3.63) is 28.2 Å².